The summed E-state index contributed by atoms with van der Waals surface area (Å²) < 4.78 is 6.82. The second kappa shape index (κ2) is 7.03. The van der Waals surface area contributed by atoms with Crippen LogP contribution in [-0.2, 0) is 9.53 Å². The third kappa shape index (κ3) is 3.66. The van der Waals surface area contributed by atoms with Crippen LogP contribution in [0.5, 0.6) is 0 Å². The molecule has 3 rings (SSSR count). The number of rotatable bonds is 3. The highest BCUT2D eigenvalue weighted by molar-refractivity contribution is 5.98. The normalized spacial score (nSPS) is 16.4. The molecule has 0 spiro atoms. The summed E-state index contributed by atoms with van der Waals surface area (Å²) in [6, 6.07) is 5.57. The molecule has 9 heteroatoms. The van der Waals surface area contributed by atoms with Gasteiger partial charge in [-0.25, -0.2) is 4.68 Å². The number of hydrogen-bond donors (Lipinski definition) is 2. The predicted octanol–water partition coefficient (Wildman–Crippen LogP) is 0.839. The molecule has 0 radical (unpaired) electrons. The highest BCUT2D eigenvalue weighted by Gasteiger charge is 2.35. The number of benzene rings is 1. The van der Waals surface area contributed by atoms with E-state index in [1.54, 1.807) is 4.68 Å². The van der Waals surface area contributed by atoms with Crippen molar-refractivity contribution in [2.24, 2.45) is 5.73 Å². The Labute approximate surface area is 139 Å². The first kappa shape index (κ1) is 17.3. The smallest absolute Gasteiger partial charge is 0.244 e. The molecule has 0 saturated carbocycles. The van der Waals surface area contributed by atoms with Gasteiger partial charge in [0.05, 0.1) is 5.69 Å². The average Bonchev–Trinajstić information content (AvgIpc) is 3.04. The molecule has 1 aliphatic heterocycles. The van der Waals surface area contributed by atoms with E-state index in [1.807, 2.05) is 25.1 Å². The van der Waals surface area contributed by atoms with Gasteiger partial charge in [0.2, 0.25) is 5.91 Å². The van der Waals surface area contributed by atoms with Gasteiger partial charge in [-0.1, -0.05) is 6.07 Å². The second-order valence-electron chi connectivity index (χ2n) is 5.48. The molecule has 1 aromatic carbocycles. The number of nitrogens with two attached hydrogens (primary N) is 1. The van der Waals surface area contributed by atoms with E-state index in [-0.39, 0.29) is 18.3 Å². The molecule has 124 valence electrons. The van der Waals surface area contributed by atoms with Gasteiger partial charge in [0.25, 0.3) is 0 Å². The topological polar surface area (TPSA) is 108 Å². The summed E-state index contributed by atoms with van der Waals surface area (Å²) in [7, 11) is 0. The molecule has 8 nitrogen and oxygen atoms in total. The van der Waals surface area contributed by atoms with Crippen LogP contribution in [0, 0.1) is 6.92 Å². The minimum Gasteiger partial charge on any atom is -0.381 e. The molecule has 3 N–H and O–H groups in total. The number of nitrogens with one attached hydrogen (secondary N) is 1. The van der Waals surface area contributed by atoms with E-state index in [0.717, 1.165) is 11.3 Å². The molecule has 2 aromatic rings. The van der Waals surface area contributed by atoms with E-state index in [0.29, 0.717) is 31.7 Å². The van der Waals surface area contributed by atoms with E-state index in [1.165, 1.54) is 6.33 Å². The fraction of sp³-hybridized carbons (Fsp3) is 0.429. The van der Waals surface area contributed by atoms with Gasteiger partial charge < -0.3 is 15.8 Å². The zero-order valence-electron chi connectivity index (χ0n) is 12.7. The minimum atomic E-state index is -0.877. The standard InChI is InChI=1S/C14H18N6O2.ClH/c1-10-2-3-11(8-12(10)20-9-16-18-19-20)17-13(21)14(15)4-6-22-7-5-14;/h2-3,8-9H,4-7,15H2,1H3,(H,17,21);1H. The summed E-state index contributed by atoms with van der Waals surface area (Å²) in [5.74, 6) is -0.192. The summed E-state index contributed by atoms with van der Waals surface area (Å²) in [5, 5.41) is 14.0. The van der Waals surface area contributed by atoms with Crippen molar-refractivity contribution in [2.75, 3.05) is 18.5 Å². The number of aromatic nitrogens is 4. The molecule has 1 aliphatic rings. The Balaban J connectivity index is 0.00000192. The summed E-state index contributed by atoms with van der Waals surface area (Å²) in [6.07, 6.45) is 2.55. The van der Waals surface area contributed by atoms with Crippen molar-refractivity contribution < 1.29 is 9.53 Å². The molecular weight excluding hydrogens is 320 g/mol. The molecule has 2 heterocycles. The van der Waals surface area contributed by atoms with Crippen LogP contribution in [0.25, 0.3) is 5.69 Å². The van der Waals surface area contributed by atoms with Crippen molar-refractivity contribution >= 4 is 24.0 Å². The molecule has 1 amide bonds. The Morgan fingerprint density at radius 3 is 2.78 bits per heavy atom. The monoisotopic (exact) mass is 338 g/mol. The van der Waals surface area contributed by atoms with Gasteiger partial charge in [0, 0.05) is 18.9 Å². The lowest BCUT2D eigenvalue weighted by molar-refractivity contribution is -0.124. The molecule has 23 heavy (non-hydrogen) atoms. The number of hydrogen-bond acceptors (Lipinski definition) is 6. The maximum atomic E-state index is 12.4. The third-order valence-corrected chi connectivity index (χ3v) is 3.90. The van der Waals surface area contributed by atoms with Crippen molar-refractivity contribution in [2.45, 2.75) is 25.3 Å². The Morgan fingerprint density at radius 1 is 1.39 bits per heavy atom. The summed E-state index contributed by atoms with van der Waals surface area (Å²) >= 11 is 0. The van der Waals surface area contributed by atoms with Crippen LogP contribution >= 0.6 is 12.4 Å². The van der Waals surface area contributed by atoms with Crippen LogP contribution in [0.3, 0.4) is 0 Å². The Hall–Kier alpha value is -2.03. The second-order valence-corrected chi connectivity index (χ2v) is 5.48. The lowest BCUT2D eigenvalue weighted by atomic mass is 9.90. The lowest BCUT2D eigenvalue weighted by Crippen LogP contribution is -2.54. The summed E-state index contributed by atoms with van der Waals surface area (Å²) in [4.78, 5) is 12.4. The minimum absolute atomic E-state index is 0. The fourth-order valence-corrected chi connectivity index (χ4v) is 2.42. The van der Waals surface area contributed by atoms with Crippen LogP contribution in [0.15, 0.2) is 24.5 Å². The Bertz CT molecular complexity index is 670. The first-order valence-corrected chi connectivity index (χ1v) is 7.11. The quantitative estimate of drug-likeness (QED) is 0.858. The number of aryl methyl sites for hydroxylation is 1. The zero-order chi connectivity index (χ0) is 15.6. The summed E-state index contributed by atoms with van der Waals surface area (Å²) in [6.45, 7) is 2.97. The lowest BCUT2D eigenvalue weighted by Gasteiger charge is -2.31. The molecule has 0 unspecified atom stereocenters. The molecule has 0 atom stereocenters. The van der Waals surface area contributed by atoms with Crippen LogP contribution in [0.1, 0.15) is 18.4 Å². The first-order chi connectivity index (χ1) is 10.6. The molecule has 0 aliphatic carbocycles. The molecular formula is C14H19ClN6O2. The Morgan fingerprint density at radius 2 is 2.13 bits per heavy atom. The number of halogens is 1. The molecule has 1 saturated heterocycles. The van der Waals surface area contributed by atoms with Crippen LogP contribution in [0.2, 0.25) is 0 Å². The van der Waals surface area contributed by atoms with Crippen molar-refractivity contribution in [3.63, 3.8) is 0 Å². The maximum absolute atomic E-state index is 12.4. The van der Waals surface area contributed by atoms with E-state index < -0.39 is 5.54 Å². The van der Waals surface area contributed by atoms with Crippen molar-refractivity contribution in [3.05, 3.63) is 30.1 Å². The fourth-order valence-electron chi connectivity index (χ4n) is 2.42. The van der Waals surface area contributed by atoms with Crippen LogP contribution in [0.4, 0.5) is 5.69 Å². The number of tetrazole rings is 1. The van der Waals surface area contributed by atoms with Gasteiger partial charge in [0.15, 0.2) is 0 Å². The molecule has 1 fully saturated rings. The molecule has 0 bridgehead atoms. The third-order valence-electron chi connectivity index (χ3n) is 3.90. The zero-order valence-corrected chi connectivity index (χ0v) is 13.5. The Kier molecular flexibility index (Phi) is 5.30. The average molecular weight is 339 g/mol. The maximum Gasteiger partial charge on any atom is 0.244 e. The number of amides is 1. The summed E-state index contributed by atoms with van der Waals surface area (Å²) in [5.41, 5.74) is 7.78. The van der Waals surface area contributed by atoms with Gasteiger partial charge in [0.1, 0.15) is 11.9 Å². The largest absolute Gasteiger partial charge is 0.381 e. The number of carbonyl (C=O) groups is 1. The highest BCUT2D eigenvalue weighted by Crippen LogP contribution is 2.22. The van der Waals surface area contributed by atoms with E-state index in [2.05, 4.69) is 20.8 Å². The SMILES string of the molecule is Cc1ccc(NC(=O)C2(N)CCOCC2)cc1-n1cnnn1.Cl. The highest BCUT2D eigenvalue weighted by atomic mass is 35.5. The first-order valence-electron chi connectivity index (χ1n) is 7.11. The van der Waals surface area contributed by atoms with Crippen molar-refractivity contribution in [3.8, 4) is 5.69 Å². The van der Waals surface area contributed by atoms with Gasteiger partial charge >= 0.3 is 0 Å². The number of carbonyl (C=O) groups excluding carboxylic acids is 1. The van der Waals surface area contributed by atoms with Crippen LogP contribution in [-0.4, -0.2) is 44.9 Å². The number of nitrogens with zero attached hydrogens (tertiary/aromatic N) is 4. The van der Waals surface area contributed by atoms with Gasteiger partial charge in [-0.15, -0.1) is 17.5 Å². The predicted molar refractivity (Wildman–Crippen MR) is 86.7 cm³/mol. The van der Waals surface area contributed by atoms with Crippen molar-refractivity contribution in [1.29, 1.82) is 0 Å². The molecule has 1 aromatic heterocycles. The van der Waals surface area contributed by atoms with Gasteiger partial charge in [-0.3, -0.25) is 4.79 Å². The number of ether oxygens (including phenoxy) is 1. The van der Waals surface area contributed by atoms with E-state index >= 15 is 0 Å². The van der Waals surface area contributed by atoms with Crippen molar-refractivity contribution in [1.82, 2.24) is 20.2 Å². The van der Waals surface area contributed by atoms with Crippen LogP contribution < -0.4 is 11.1 Å². The van der Waals surface area contributed by atoms with E-state index in [4.69, 9.17) is 10.5 Å². The van der Waals surface area contributed by atoms with Gasteiger partial charge in [-0.05, 0) is 47.9 Å². The number of anilines is 1. The van der Waals surface area contributed by atoms with Gasteiger partial charge in [-0.2, -0.15) is 0 Å². The van der Waals surface area contributed by atoms with E-state index in [9.17, 15) is 4.79 Å².